The van der Waals surface area contributed by atoms with E-state index in [1.165, 1.54) is 16.9 Å². The zero-order valence-corrected chi connectivity index (χ0v) is 12.1. The van der Waals surface area contributed by atoms with Gasteiger partial charge in [0.25, 0.3) is 5.91 Å². The summed E-state index contributed by atoms with van der Waals surface area (Å²) in [5, 5.41) is 2.81. The maximum absolute atomic E-state index is 12.0. The number of nitrogens with one attached hydrogen (secondary N) is 1. The van der Waals surface area contributed by atoms with Gasteiger partial charge in [-0.25, -0.2) is 5.01 Å². The van der Waals surface area contributed by atoms with Crippen molar-refractivity contribution in [3.05, 3.63) is 0 Å². The van der Waals surface area contributed by atoms with Gasteiger partial charge in [-0.05, 0) is 11.8 Å². The number of carbonyl (C=O) groups excluding carboxylic acids is 2. The number of nitrogens with two attached hydrogens (primary N) is 1. The molecule has 2 amide bonds. The van der Waals surface area contributed by atoms with Crippen molar-refractivity contribution in [3.63, 3.8) is 0 Å². The van der Waals surface area contributed by atoms with Gasteiger partial charge < -0.3 is 0 Å². The van der Waals surface area contributed by atoms with Gasteiger partial charge in [-0.15, -0.1) is 0 Å². The number of hydrogen-bond donors (Lipinski definition) is 2. The lowest BCUT2D eigenvalue weighted by Gasteiger charge is -2.27. The molecular weight excluding hydrogens is 232 g/mol. The average molecular weight is 258 g/mol. The van der Waals surface area contributed by atoms with E-state index < -0.39 is 0 Å². The predicted octanol–water partition coefficient (Wildman–Crippen LogP) is 0.354. The highest BCUT2D eigenvalue weighted by molar-refractivity contribution is 5.82. The minimum Gasteiger partial charge on any atom is -0.274 e. The van der Waals surface area contributed by atoms with Gasteiger partial charge in [0.2, 0.25) is 5.91 Å². The van der Waals surface area contributed by atoms with Gasteiger partial charge in [0, 0.05) is 20.0 Å². The first-order chi connectivity index (χ1) is 8.22. The van der Waals surface area contributed by atoms with Gasteiger partial charge in [0.15, 0.2) is 0 Å². The summed E-state index contributed by atoms with van der Waals surface area (Å²) in [5.41, 5.74) is 2.53. The second-order valence-corrected chi connectivity index (χ2v) is 5.39. The zero-order chi connectivity index (χ0) is 14.3. The molecule has 6 heteroatoms. The minimum atomic E-state index is -0.253. The Bertz CT molecular complexity index is 279. The molecule has 6 nitrogen and oxygen atoms in total. The summed E-state index contributed by atoms with van der Waals surface area (Å²) >= 11 is 0. The number of rotatable bonds is 6. The van der Waals surface area contributed by atoms with Crippen LogP contribution in [0.1, 0.15) is 34.6 Å². The van der Waals surface area contributed by atoms with E-state index in [2.05, 4.69) is 5.43 Å². The lowest BCUT2D eigenvalue weighted by molar-refractivity contribution is -0.142. The van der Waals surface area contributed by atoms with Crippen molar-refractivity contribution in [2.24, 2.45) is 17.7 Å². The summed E-state index contributed by atoms with van der Waals surface area (Å²) < 4.78 is 0. The number of nitrogens with zero attached hydrogens (tertiary/aromatic N) is 2. The smallest absolute Gasteiger partial charge is 0.256 e. The highest BCUT2D eigenvalue weighted by Crippen LogP contribution is 1.99. The monoisotopic (exact) mass is 258 g/mol. The molecule has 0 aliphatic heterocycles. The van der Waals surface area contributed by atoms with E-state index in [-0.39, 0.29) is 24.3 Å². The highest BCUT2D eigenvalue weighted by Gasteiger charge is 2.18. The van der Waals surface area contributed by atoms with Gasteiger partial charge >= 0.3 is 0 Å². The number of carbonyl (C=O) groups is 2. The Morgan fingerprint density at radius 2 is 1.61 bits per heavy atom. The van der Waals surface area contributed by atoms with Crippen molar-refractivity contribution in [1.29, 1.82) is 0 Å². The topological polar surface area (TPSA) is 78.7 Å². The van der Waals surface area contributed by atoms with Gasteiger partial charge in [-0.3, -0.25) is 25.9 Å². The molecule has 0 aliphatic carbocycles. The fraction of sp³-hybridized carbons (Fsp3) is 0.833. The Morgan fingerprint density at radius 1 is 1.11 bits per heavy atom. The third-order valence-electron chi connectivity index (χ3n) is 2.08. The molecule has 0 spiro atoms. The fourth-order valence-corrected chi connectivity index (χ4v) is 1.56. The maximum atomic E-state index is 12.0. The maximum Gasteiger partial charge on any atom is 0.256 e. The van der Waals surface area contributed by atoms with Crippen LogP contribution in [-0.4, -0.2) is 41.5 Å². The Morgan fingerprint density at radius 3 is 2.00 bits per heavy atom. The molecule has 0 rings (SSSR count). The second kappa shape index (κ2) is 8.05. The van der Waals surface area contributed by atoms with Gasteiger partial charge in [-0.1, -0.05) is 27.7 Å². The van der Waals surface area contributed by atoms with Gasteiger partial charge in [0.1, 0.15) is 0 Å². The summed E-state index contributed by atoms with van der Waals surface area (Å²) in [6.45, 7) is 10.6. The average Bonchev–Trinajstić information content (AvgIpc) is 2.13. The normalized spacial score (nSPS) is 11.2. The Balaban J connectivity index is 4.40. The minimum absolute atomic E-state index is 0.102. The molecule has 0 aromatic carbocycles. The molecular formula is C12H26N4O2. The number of hydrazine groups is 2. The van der Waals surface area contributed by atoms with Crippen molar-refractivity contribution in [3.8, 4) is 0 Å². The van der Waals surface area contributed by atoms with Crippen LogP contribution in [0.15, 0.2) is 0 Å². The van der Waals surface area contributed by atoms with E-state index in [9.17, 15) is 9.59 Å². The van der Waals surface area contributed by atoms with Crippen LogP contribution < -0.4 is 11.3 Å². The molecule has 0 aromatic rings. The van der Waals surface area contributed by atoms with Gasteiger partial charge in [0.05, 0.1) is 6.54 Å². The molecule has 3 N–H and O–H groups in total. The van der Waals surface area contributed by atoms with Gasteiger partial charge in [-0.2, -0.15) is 0 Å². The van der Waals surface area contributed by atoms with Crippen LogP contribution in [-0.2, 0) is 9.59 Å². The van der Waals surface area contributed by atoms with Crippen molar-refractivity contribution in [1.82, 2.24) is 15.4 Å². The largest absolute Gasteiger partial charge is 0.274 e. The summed E-state index contributed by atoms with van der Waals surface area (Å²) in [6.07, 6.45) is 0. The first-order valence-corrected chi connectivity index (χ1v) is 6.29. The van der Waals surface area contributed by atoms with Crippen LogP contribution in [0, 0.1) is 11.8 Å². The summed E-state index contributed by atoms with van der Waals surface area (Å²) in [4.78, 5) is 23.0. The van der Waals surface area contributed by atoms with E-state index in [0.717, 1.165) is 0 Å². The first kappa shape index (κ1) is 16.9. The molecule has 0 aliphatic rings. The molecule has 0 unspecified atom stereocenters. The molecule has 0 aromatic heterocycles. The van der Waals surface area contributed by atoms with E-state index >= 15 is 0 Å². The standard InChI is InChI=1S/C12H26N4O2/c1-9(2)6-15(13)8-12(18)16(7-10(3)4)14-11(5)17/h9-10H,6-8,13H2,1-5H3,(H,14,17). The van der Waals surface area contributed by atoms with E-state index in [4.69, 9.17) is 5.84 Å². The van der Waals surface area contributed by atoms with E-state index in [1.807, 2.05) is 27.7 Å². The van der Waals surface area contributed by atoms with E-state index in [1.54, 1.807) is 0 Å². The number of hydrogen-bond acceptors (Lipinski definition) is 4. The summed E-state index contributed by atoms with van der Waals surface area (Å²) in [6, 6.07) is 0. The molecule has 0 atom stereocenters. The number of amides is 2. The second-order valence-electron chi connectivity index (χ2n) is 5.39. The fourth-order valence-electron chi connectivity index (χ4n) is 1.56. The molecule has 0 heterocycles. The van der Waals surface area contributed by atoms with Crippen LogP contribution in [0.4, 0.5) is 0 Å². The molecule has 0 fully saturated rings. The van der Waals surface area contributed by atoms with E-state index in [0.29, 0.717) is 19.0 Å². The van der Waals surface area contributed by atoms with Crippen LogP contribution in [0.5, 0.6) is 0 Å². The first-order valence-electron chi connectivity index (χ1n) is 6.29. The quantitative estimate of drug-likeness (QED) is 0.532. The Hall–Kier alpha value is -1.14. The van der Waals surface area contributed by atoms with Crippen molar-refractivity contribution in [2.75, 3.05) is 19.6 Å². The van der Waals surface area contributed by atoms with Crippen LogP contribution in [0.25, 0.3) is 0 Å². The lowest BCUT2D eigenvalue weighted by Crippen LogP contribution is -2.52. The SMILES string of the molecule is CC(=O)NN(CC(C)C)C(=O)CN(N)CC(C)C. The summed E-state index contributed by atoms with van der Waals surface area (Å²) in [7, 11) is 0. The van der Waals surface area contributed by atoms with Crippen molar-refractivity contribution in [2.45, 2.75) is 34.6 Å². The van der Waals surface area contributed by atoms with Crippen molar-refractivity contribution < 1.29 is 9.59 Å². The highest BCUT2D eigenvalue weighted by atomic mass is 16.2. The Kier molecular flexibility index (Phi) is 7.54. The van der Waals surface area contributed by atoms with Crippen LogP contribution in [0.2, 0.25) is 0 Å². The third-order valence-corrected chi connectivity index (χ3v) is 2.08. The third kappa shape index (κ3) is 8.03. The van der Waals surface area contributed by atoms with Crippen LogP contribution >= 0.6 is 0 Å². The molecule has 0 saturated carbocycles. The molecule has 0 radical (unpaired) electrons. The molecule has 0 saturated heterocycles. The molecule has 18 heavy (non-hydrogen) atoms. The molecule has 0 bridgehead atoms. The summed E-state index contributed by atoms with van der Waals surface area (Å²) in [5.74, 6) is 5.97. The lowest BCUT2D eigenvalue weighted by atomic mass is 10.2. The zero-order valence-electron chi connectivity index (χ0n) is 12.1. The Labute approximate surface area is 109 Å². The van der Waals surface area contributed by atoms with Crippen LogP contribution in [0.3, 0.4) is 0 Å². The van der Waals surface area contributed by atoms with Crippen molar-refractivity contribution >= 4 is 11.8 Å². The predicted molar refractivity (Wildman–Crippen MR) is 71.0 cm³/mol. The molecule has 106 valence electrons.